The maximum absolute atomic E-state index is 11.4. The van der Waals surface area contributed by atoms with Crippen LogP contribution in [0.5, 0.6) is 0 Å². The maximum Gasteiger partial charge on any atom is 0.219 e. The number of hydrogen-bond donors (Lipinski definition) is 1. The Kier molecular flexibility index (Phi) is 4.19. The van der Waals surface area contributed by atoms with Crippen molar-refractivity contribution in [3.63, 3.8) is 0 Å². The molecule has 1 aliphatic heterocycles. The molecule has 1 N–H and O–H groups in total. The zero-order chi connectivity index (χ0) is 13.8. The number of carbonyl (C=O) groups excluding carboxylic acids is 1. The molecule has 19 heavy (non-hydrogen) atoms. The van der Waals surface area contributed by atoms with E-state index in [2.05, 4.69) is 20.2 Å². The summed E-state index contributed by atoms with van der Waals surface area (Å²) in [7, 11) is 1.86. The van der Waals surface area contributed by atoms with E-state index in [9.17, 15) is 4.79 Å². The molecule has 1 aromatic rings. The quantitative estimate of drug-likeness (QED) is 0.858. The van der Waals surface area contributed by atoms with Crippen LogP contribution in [0.25, 0.3) is 0 Å². The summed E-state index contributed by atoms with van der Waals surface area (Å²) in [6, 6.07) is 0. The molecule has 1 aromatic heterocycles. The molecule has 0 saturated carbocycles. The van der Waals surface area contributed by atoms with Crippen molar-refractivity contribution in [3.8, 4) is 0 Å². The number of nitrogens with zero attached hydrogens (tertiary/aromatic N) is 4. The average Bonchev–Trinajstić information content (AvgIpc) is 2.65. The molecule has 2 heterocycles. The van der Waals surface area contributed by atoms with Gasteiger partial charge in [-0.3, -0.25) is 4.79 Å². The summed E-state index contributed by atoms with van der Waals surface area (Å²) in [4.78, 5) is 24.2. The molecule has 6 heteroatoms. The predicted octanol–water partition coefficient (Wildman–Crippen LogP) is 0.885. The summed E-state index contributed by atoms with van der Waals surface area (Å²) < 4.78 is 0. The van der Waals surface area contributed by atoms with Crippen LogP contribution in [0.4, 0.5) is 11.6 Å². The number of aromatic nitrogens is 2. The Hall–Kier alpha value is -1.85. The highest BCUT2D eigenvalue weighted by Gasteiger charge is 2.19. The van der Waals surface area contributed by atoms with Gasteiger partial charge in [0.15, 0.2) is 0 Å². The first-order chi connectivity index (χ1) is 9.13. The Balaban J connectivity index is 2.16. The lowest BCUT2D eigenvalue weighted by Crippen LogP contribution is -2.34. The van der Waals surface area contributed by atoms with Crippen LogP contribution in [-0.2, 0) is 4.79 Å². The minimum atomic E-state index is 0.150. The van der Waals surface area contributed by atoms with Crippen LogP contribution in [0.1, 0.15) is 18.9 Å². The molecule has 104 valence electrons. The van der Waals surface area contributed by atoms with Crippen molar-refractivity contribution < 1.29 is 4.79 Å². The van der Waals surface area contributed by atoms with Crippen molar-refractivity contribution >= 4 is 17.5 Å². The van der Waals surface area contributed by atoms with Gasteiger partial charge in [-0.15, -0.1) is 0 Å². The molecule has 1 amide bonds. The first-order valence-corrected chi connectivity index (χ1v) is 6.63. The second-order valence-electron chi connectivity index (χ2n) is 4.77. The molecule has 0 spiro atoms. The molecular weight excluding hydrogens is 242 g/mol. The Bertz CT molecular complexity index is 462. The third kappa shape index (κ3) is 2.94. The van der Waals surface area contributed by atoms with Crippen molar-refractivity contribution in [1.29, 1.82) is 0 Å². The topological polar surface area (TPSA) is 61.4 Å². The third-order valence-corrected chi connectivity index (χ3v) is 3.54. The molecular formula is C13H21N5O. The third-order valence-electron chi connectivity index (χ3n) is 3.54. The predicted molar refractivity (Wildman–Crippen MR) is 75.4 cm³/mol. The first-order valence-electron chi connectivity index (χ1n) is 6.63. The van der Waals surface area contributed by atoms with Gasteiger partial charge in [-0.25, -0.2) is 9.97 Å². The second-order valence-corrected chi connectivity index (χ2v) is 4.77. The van der Waals surface area contributed by atoms with Crippen LogP contribution in [0, 0.1) is 6.92 Å². The van der Waals surface area contributed by atoms with E-state index in [-0.39, 0.29) is 5.91 Å². The lowest BCUT2D eigenvalue weighted by molar-refractivity contribution is -0.128. The molecule has 0 aromatic carbocycles. The van der Waals surface area contributed by atoms with Gasteiger partial charge in [0, 0.05) is 45.7 Å². The molecule has 6 nitrogen and oxygen atoms in total. The normalized spacial score (nSPS) is 16.2. The van der Waals surface area contributed by atoms with E-state index < -0.39 is 0 Å². The molecule has 1 aliphatic rings. The monoisotopic (exact) mass is 263 g/mol. The summed E-state index contributed by atoms with van der Waals surface area (Å²) in [6.45, 7) is 6.98. The molecule has 1 saturated heterocycles. The van der Waals surface area contributed by atoms with Gasteiger partial charge in [0.25, 0.3) is 0 Å². The van der Waals surface area contributed by atoms with Gasteiger partial charge in [-0.2, -0.15) is 0 Å². The van der Waals surface area contributed by atoms with Gasteiger partial charge in [-0.1, -0.05) is 0 Å². The molecule has 2 rings (SSSR count). The van der Waals surface area contributed by atoms with Crippen molar-refractivity contribution in [2.75, 3.05) is 43.4 Å². The van der Waals surface area contributed by atoms with Crippen molar-refractivity contribution in [1.82, 2.24) is 14.9 Å². The van der Waals surface area contributed by atoms with Crippen molar-refractivity contribution in [2.45, 2.75) is 20.3 Å². The Labute approximate surface area is 113 Å². The zero-order valence-corrected chi connectivity index (χ0v) is 11.8. The molecule has 0 bridgehead atoms. The highest BCUT2D eigenvalue weighted by molar-refractivity contribution is 5.73. The van der Waals surface area contributed by atoms with E-state index in [0.29, 0.717) is 0 Å². The van der Waals surface area contributed by atoms with Gasteiger partial charge < -0.3 is 15.1 Å². The van der Waals surface area contributed by atoms with Crippen LogP contribution in [0.3, 0.4) is 0 Å². The smallest absolute Gasteiger partial charge is 0.219 e. The summed E-state index contributed by atoms with van der Waals surface area (Å²) in [5.41, 5.74) is 1.06. The summed E-state index contributed by atoms with van der Waals surface area (Å²) >= 11 is 0. The fraction of sp³-hybridized carbons (Fsp3) is 0.615. The zero-order valence-electron chi connectivity index (χ0n) is 11.8. The van der Waals surface area contributed by atoms with Gasteiger partial charge >= 0.3 is 0 Å². The highest BCUT2D eigenvalue weighted by atomic mass is 16.2. The van der Waals surface area contributed by atoms with Crippen LogP contribution in [0.15, 0.2) is 6.33 Å². The molecule has 0 radical (unpaired) electrons. The lowest BCUT2D eigenvalue weighted by Gasteiger charge is -2.24. The summed E-state index contributed by atoms with van der Waals surface area (Å²) in [6.07, 6.45) is 2.56. The number of amides is 1. The highest BCUT2D eigenvalue weighted by Crippen LogP contribution is 2.22. The van der Waals surface area contributed by atoms with Crippen LogP contribution >= 0.6 is 0 Å². The SMILES string of the molecule is CNc1ncnc(N2CCCN(C(C)=O)CC2)c1C. The van der Waals surface area contributed by atoms with E-state index in [4.69, 9.17) is 0 Å². The Morgan fingerprint density at radius 3 is 2.74 bits per heavy atom. The van der Waals surface area contributed by atoms with Gasteiger partial charge in [0.1, 0.15) is 18.0 Å². The van der Waals surface area contributed by atoms with E-state index in [1.807, 2.05) is 18.9 Å². The number of anilines is 2. The Morgan fingerprint density at radius 2 is 2.05 bits per heavy atom. The largest absolute Gasteiger partial charge is 0.373 e. The van der Waals surface area contributed by atoms with Gasteiger partial charge in [-0.05, 0) is 13.3 Å². The summed E-state index contributed by atoms with van der Waals surface area (Å²) in [5.74, 6) is 1.97. The van der Waals surface area contributed by atoms with Crippen molar-refractivity contribution in [3.05, 3.63) is 11.9 Å². The van der Waals surface area contributed by atoms with Crippen LogP contribution in [-0.4, -0.2) is 54.0 Å². The number of hydrogen-bond acceptors (Lipinski definition) is 5. The van der Waals surface area contributed by atoms with E-state index in [1.54, 1.807) is 13.3 Å². The van der Waals surface area contributed by atoms with Gasteiger partial charge in [0.2, 0.25) is 5.91 Å². The lowest BCUT2D eigenvalue weighted by atomic mass is 10.2. The molecule has 0 atom stereocenters. The average molecular weight is 263 g/mol. The molecule has 0 unspecified atom stereocenters. The Morgan fingerprint density at radius 1 is 1.26 bits per heavy atom. The van der Waals surface area contributed by atoms with Gasteiger partial charge in [0.05, 0.1) is 0 Å². The number of rotatable bonds is 2. The number of nitrogens with one attached hydrogen (secondary N) is 1. The second kappa shape index (κ2) is 5.86. The fourth-order valence-electron chi connectivity index (χ4n) is 2.46. The number of carbonyl (C=O) groups is 1. The fourth-order valence-corrected chi connectivity index (χ4v) is 2.46. The summed E-state index contributed by atoms with van der Waals surface area (Å²) in [5, 5.41) is 3.08. The molecule has 1 fully saturated rings. The van der Waals surface area contributed by atoms with E-state index in [1.165, 1.54) is 0 Å². The van der Waals surface area contributed by atoms with E-state index in [0.717, 1.165) is 49.8 Å². The standard InChI is InChI=1S/C13H21N5O/c1-10-12(14-3)15-9-16-13(10)18-6-4-5-17(7-8-18)11(2)19/h9H,4-8H2,1-3H3,(H,14,15,16). The minimum absolute atomic E-state index is 0.150. The van der Waals surface area contributed by atoms with Crippen LogP contribution < -0.4 is 10.2 Å². The van der Waals surface area contributed by atoms with Crippen LogP contribution in [0.2, 0.25) is 0 Å². The van der Waals surface area contributed by atoms with E-state index >= 15 is 0 Å². The van der Waals surface area contributed by atoms with Crippen molar-refractivity contribution in [2.24, 2.45) is 0 Å². The molecule has 0 aliphatic carbocycles. The maximum atomic E-state index is 11.4. The minimum Gasteiger partial charge on any atom is -0.373 e. The first kappa shape index (κ1) is 13.6.